The molecule has 1 fully saturated rings. The van der Waals surface area contributed by atoms with Crippen LogP contribution >= 0.6 is 0 Å². The van der Waals surface area contributed by atoms with E-state index in [2.05, 4.69) is 22.3 Å². The van der Waals surface area contributed by atoms with E-state index in [1.165, 1.54) is 0 Å². The Morgan fingerprint density at radius 3 is 2.56 bits per heavy atom. The zero-order valence-corrected chi connectivity index (χ0v) is 15.1. The van der Waals surface area contributed by atoms with Gasteiger partial charge in [-0.15, -0.1) is 0 Å². The number of pyridine rings is 1. The average Bonchev–Trinajstić information content (AvgIpc) is 2.72. The van der Waals surface area contributed by atoms with Gasteiger partial charge in [0, 0.05) is 25.2 Å². The molecule has 1 aromatic carbocycles. The van der Waals surface area contributed by atoms with Crippen molar-refractivity contribution in [2.24, 2.45) is 11.7 Å². The number of carbonyl (C=O) groups is 2. The van der Waals surface area contributed by atoms with Gasteiger partial charge in [-0.25, -0.2) is 9.78 Å². The van der Waals surface area contributed by atoms with Gasteiger partial charge in [-0.1, -0.05) is 36.4 Å². The summed E-state index contributed by atoms with van der Waals surface area (Å²) >= 11 is 0. The number of alkyl carbamates (subject to hydrolysis) is 1. The number of carbonyl (C=O) groups excluding carboxylic acids is 2. The van der Waals surface area contributed by atoms with Gasteiger partial charge < -0.3 is 20.7 Å². The summed E-state index contributed by atoms with van der Waals surface area (Å²) in [6.45, 7) is 1.90. The van der Waals surface area contributed by atoms with E-state index < -0.39 is 18.6 Å². The number of ether oxygens (including phenoxy) is 1. The topological polar surface area (TPSA) is 97.6 Å². The number of nitrogens with two attached hydrogens (primary N) is 1. The predicted octanol–water partition coefficient (Wildman–Crippen LogP) is 2.18. The van der Waals surface area contributed by atoms with E-state index in [-0.39, 0.29) is 0 Å². The molecule has 2 amide bonds. The second kappa shape index (κ2) is 9.02. The highest BCUT2D eigenvalue weighted by Crippen LogP contribution is 2.24. The van der Waals surface area contributed by atoms with E-state index in [1.54, 1.807) is 0 Å². The van der Waals surface area contributed by atoms with Gasteiger partial charge in [0.1, 0.15) is 5.82 Å². The largest absolute Gasteiger partial charge is 0.439 e. The molecule has 1 aromatic heterocycles. The van der Waals surface area contributed by atoms with Crippen LogP contribution in [-0.4, -0.2) is 43.2 Å². The Hall–Kier alpha value is -3.09. The Balaban J connectivity index is 1.49. The number of nitrogens with one attached hydrogen (secondary N) is 1. The van der Waals surface area contributed by atoms with Gasteiger partial charge >= 0.3 is 6.09 Å². The van der Waals surface area contributed by atoms with Crippen LogP contribution in [0.4, 0.5) is 10.6 Å². The lowest BCUT2D eigenvalue weighted by atomic mass is 9.97. The molecule has 27 heavy (non-hydrogen) atoms. The Kier molecular flexibility index (Phi) is 6.25. The molecule has 1 aliphatic heterocycles. The first-order valence-electron chi connectivity index (χ1n) is 9.08. The molecule has 2 aromatic rings. The number of hydrogen-bond donors (Lipinski definition) is 2. The molecule has 3 N–H and O–H groups in total. The van der Waals surface area contributed by atoms with Crippen molar-refractivity contribution in [1.29, 1.82) is 0 Å². The van der Waals surface area contributed by atoms with Crippen molar-refractivity contribution in [3.05, 3.63) is 48.5 Å². The maximum atomic E-state index is 11.5. The molecule has 7 heteroatoms. The summed E-state index contributed by atoms with van der Waals surface area (Å²) in [6, 6.07) is 16.2. The maximum Gasteiger partial charge on any atom is 0.407 e. The van der Waals surface area contributed by atoms with Crippen LogP contribution in [0.3, 0.4) is 0 Å². The highest BCUT2D eigenvalue weighted by molar-refractivity contribution is 5.78. The number of aromatic nitrogens is 1. The third-order valence-corrected chi connectivity index (χ3v) is 4.62. The minimum Gasteiger partial charge on any atom is -0.439 e. The second-order valence-electron chi connectivity index (χ2n) is 6.60. The minimum absolute atomic E-state index is 0.375. The van der Waals surface area contributed by atoms with Crippen molar-refractivity contribution in [3.63, 3.8) is 0 Å². The van der Waals surface area contributed by atoms with Gasteiger partial charge in [0.15, 0.2) is 6.61 Å². The van der Waals surface area contributed by atoms with E-state index in [0.717, 1.165) is 43.0 Å². The SMILES string of the molecule is NC(=O)COC(=O)NCC1CCN(c2cccc(-c3ccccc3)n2)CC1. The number of primary amides is 1. The zero-order valence-electron chi connectivity index (χ0n) is 15.1. The molecule has 0 bridgehead atoms. The molecule has 0 radical (unpaired) electrons. The Labute approximate surface area is 158 Å². The third kappa shape index (κ3) is 5.44. The summed E-state index contributed by atoms with van der Waals surface area (Å²) in [5.74, 6) is 0.687. The van der Waals surface area contributed by atoms with Gasteiger partial charge in [-0.2, -0.15) is 0 Å². The first kappa shape index (κ1) is 18.7. The normalized spacial score (nSPS) is 14.6. The van der Waals surface area contributed by atoms with Crippen molar-refractivity contribution in [2.45, 2.75) is 12.8 Å². The van der Waals surface area contributed by atoms with Crippen LogP contribution in [0, 0.1) is 5.92 Å². The third-order valence-electron chi connectivity index (χ3n) is 4.62. The number of piperidine rings is 1. The van der Waals surface area contributed by atoms with Crippen molar-refractivity contribution in [1.82, 2.24) is 10.3 Å². The number of rotatable bonds is 6. The Bertz CT molecular complexity index is 774. The Morgan fingerprint density at radius 2 is 1.85 bits per heavy atom. The van der Waals surface area contributed by atoms with Crippen LogP contribution in [0.15, 0.2) is 48.5 Å². The fourth-order valence-electron chi connectivity index (χ4n) is 3.15. The monoisotopic (exact) mass is 368 g/mol. The first-order chi connectivity index (χ1) is 13.1. The van der Waals surface area contributed by atoms with Crippen LogP contribution in [0.2, 0.25) is 0 Å². The van der Waals surface area contributed by atoms with Crippen LogP contribution in [0.25, 0.3) is 11.3 Å². The maximum absolute atomic E-state index is 11.5. The molecule has 1 aliphatic rings. The zero-order chi connectivity index (χ0) is 19.1. The Morgan fingerprint density at radius 1 is 1.11 bits per heavy atom. The molecule has 3 rings (SSSR count). The molecular weight excluding hydrogens is 344 g/mol. The first-order valence-corrected chi connectivity index (χ1v) is 9.08. The highest BCUT2D eigenvalue weighted by Gasteiger charge is 2.21. The van der Waals surface area contributed by atoms with E-state index in [9.17, 15) is 9.59 Å². The fraction of sp³-hybridized carbons (Fsp3) is 0.350. The van der Waals surface area contributed by atoms with E-state index in [1.807, 2.05) is 36.4 Å². The number of nitrogens with zero attached hydrogens (tertiary/aromatic N) is 2. The lowest BCUT2D eigenvalue weighted by molar-refractivity contribution is -0.120. The second-order valence-corrected chi connectivity index (χ2v) is 6.60. The van der Waals surface area contributed by atoms with Crippen LogP contribution < -0.4 is 16.0 Å². The number of hydrogen-bond acceptors (Lipinski definition) is 5. The van der Waals surface area contributed by atoms with Gasteiger partial charge in [-0.05, 0) is 30.9 Å². The lowest BCUT2D eigenvalue weighted by Gasteiger charge is -2.33. The van der Waals surface area contributed by atoms with E-state index >= 15 is 0 Å². The molecule has 1 saturated heterocycles. The van der Waals surface area contributed by atoms with Crippen molar-refractivity contribution in [2.75, 3.05) is 31.1 Å². The van der Waals surface area contributed by atoms with Crippen molar-refractivity contribution >= 4 is 17.8 Å². The average molecular weight is 368 g/mol. The summed E-state index contributed by atoms with van der Waals surface area (Å²) in [5.41, 5.74) is 7.01. The molecule has 0 aliphatic carbocycles. The van der Waals surface area contributed by atoms with Crippen LogP contribution in [-0.2, 0) is 9.53 Å². The molecule has 7 nitrogen and oxygen atoms in total. The molecule has 142 valence electrons. The van der Waals surface area contributed by atoms with Gasteiger partial charge in [0.25, 0.3) is 5.91 Å². The van der Waals surface area contributed by atoms with Gasteiger partial charge in [0.2, 0.25) is 0 Å². The van der Waals surface area contributed by atoms with Gasteiger partial charge in [0.05, 0.1) is 5.69 Å². The van der Waals surface area contributed by atoms with Crippen molar-refractivity contribution in [3.8, 4) is 11.3 Å². The number of anilines is 1. The number of amides is 2. The minimum atomic E-state index is -0.663. The molecule has 0 saturated carbocycles. The smallest absolute Gasteiger partial charge is 0.407 e. The predicted molar refractivity (Wildman–Crippen MR) is 103 cm³/mol. The van der Waals surface area contributed by atoms with Crippen LogP contribution in [0.5, 0.6) is 0 Å². The van der Waals surface area contributed by atoms with Crippen LogP contribution in [0.1, 0.15) is 12.8 Å². The summed E-state index contributed by atoms with van der Waals surface area (Å²) in [7, 11) is 0. The molecule has 0 unspecified atom stereocenters. The molecule has 0 atom stereocenters. The summed E-state index contributed by atoms with van der Waals surface area (Å²) in [4.78, 5) is 29.2. The fourth-order valence-corrected chi connectivity index (χ4v) is 3.15. The molecule has 2 heterocycles. The molecular formula is C20H24N4O3. The number of benzene rings is 1. The van der Waals surface area contributed by atoms with E-state index in [0.29, 0.717) is 12.5 Å². The van der Waals surface area contributed by atoms with E-state index in [4.69, 9.17) is 15.5 Å². The highest BCUT2D eigenvalue weighted by atomic mass is 16.6. The quantitative estimate of drug-likeness (QED) is 0.814. The summed E-state index contributed by atoms with van der Waals surface area (Å²) < 4.78 is 4.70. The lowest BCUT2D eigenvalue weighted by Crippen LogP contribution is -2.39. The van der Waals surface area contributed by atoms with Crippen molar-refractivity contribution < 1.29 is 14.3 Å². The summed E-state index contributed by atoms with van der Waals surface area (Å²) in [6.07, 6.45) is 1.30. The molecule has 0 spiro atoms. The standard InChI is InChI=1S/C20H24N4O3/c21-18(25)14-27-20(26)22-13-15-9-11-24(12-10-15)19-8-4-7-17(23-19)16-5-2-1-3-6-16/h1-8,15H,9-14H2,(H2,21,25)(H,22,26). The van der Waals surface area contributed by atoms with Gasteiger partial charge in [-0.3, -0.25) is 4.79 Å². The summed E-state index contributed by atoms with van der Waals surface area (Å²) in [5, 5.41) is 2.69.